The van der Waals surface area contributed by atoms with Crippen molar-refractivity contribution >= 4 is 0 Å². The van der Waals surface area contributed by atoms with Crippen LogP contribution in [0.3, 0.4) is 0 Å². The molecule has 1 fully saturated rings. The molecule has 1 saturated carbocycles. The number of aliphatic hydroxyl groups excluding tert-OH is 1. The molecule has 0 radical (unpaired) electrons. The van der Waals surface area contributed by atoms with Crippen LogP contribution in [0.25, 0.3) is 0 Å². The van der Waals surface area contributed by atoms with Gasteiger partial charge in [-0.3, -0.25) is 4.90 Å². The lowest BCUT2D eigenvalue weighted by Gasteiger charge is -2.25. The quantitative estimate of drug-likeness (QED) is 0.812. The smallest absolute Gasteiger partial charge is 0.123 e. The second kappa shape index (κ2) is 7.57. The van der Waals surface area contributed by atoms with Gasteiger partial charge in [0.05, 0.1) is 0 Å². The maximum Gasteiger partial charge on any atom is 0.123 e. The molecule has 2 aromatic rings. The number of ether oxygens (including phenoxy) is 1. The van der Waals surface area contributed by atoms with Crippen molar-refractivity contribution in [2.75, 3.05) is 13.2 Å². The van der Waals surface area contributed by atoms with E-state index >= 15 is 0 Å². The van der Waals surface area contributed by atoms with E-state index < -0.39 is 6.10 Å². The van der Waals surface area contributed by atoms with Gasteiger partial charge in [-0.15, -0.1) is 0 Å². The predicted octanol–water partition coefficient (Wildman–Crippen LogP) is 3.23. The van der Waals surface area contributed by atoms with Gasteiger partial charge in [0.2, 0.25) is 0 Å². The van der Waals surface area contributed by atoms with Crippen LogP contribution in [0, 0.1) is 5.82 Å². The first-order valence-electron chi connectivity index (χ1n) is 8.05. The molecule has 122 valence electrons. The van der Waals surface area contributed by atoms with Crippen LogP contribution in [0.2, 0.25) is 0 Å². The van der Waals surface area contributed by atoms with Gasteiger partial charge in [-0.2, -0.15) is 0 Å². The molecule has 1 aliphatic carbocycles. The maximum absolute atomic E-state index is 13.0. The normalized spacial score (nSPS) is 15.6. The molecule has 3 rings (SSSR count). The summed E-state index contributed by atoms with van der Waals surface area (Å²) in [5, 5.41) is 10.3. The van der Waals surface area contributed by atoms with Gasteiger partial charge in [0.1, 0.15) is 24.3 Å². The third-order valence-corrected chi connectivity index (χ3v) is 3.99. The molecule has 23 heavy (non-hydrogen) atoms. The Labute approximate surface area is 136 Å². The number of hydrogen-bond acceptors (Lipinski definition) is 3. The topological polar surface area (TPSA) is 32.7 Å². The molecule has 4 heteroatoms. The minimum absolute atomic E-state index is 0.219. The molecule has 0 heterocycles. The van der Waals surface area contributed by atoms with Gasteiger partial charge in [-0.05, 0) is 42.7 Å². The second-order valence-electron chi connectivity index (χ2n) is 6.06. The lowest BCUT2D eigenvalue weighted by molar-refractivity contribution is 0.0626. The summed E-state index contributed by atoms with van der Waals surface area (Å²) in [6.45, 7) is 1.57. The van der Waals surface area contributed by atoms with Crippen molar-refractivity contribution in [1.82, 2.24) is 4.90 Å². The van der Waals surface area contributed by atoms with Crippen LogP contribution < -0.4 is 4.74 Å². The Morgan fingerprint density at radius 2 is 1.78 bits per heavy atom. The summed E-state index contributed by atoms with van der Waals surface area (Å²) in [6.07, 6.45) is 1.78. The monoisotopic (exact) mass is 315 g/mol. The number of aliphatic hydroxyl groups is 1. The summed E-state index contributed by atoms with van der Waals surface area (Å²) in [7, 11) is 0. The van der Waals surface area contributed by atoms with Crippen LogP contribution in [-0.4, -0.2) is 35.3 Å². The van der Waals surface area contributed by atoms with Gasteiger partial charge >= 0.3 is 0 Å². The van der Waals surface area contributed by atoms with Crippen LogP contribution in [0.1, 0.15) is 18.4 Å². The maximum atomic E-state index is 13.0. The molecule has 0 saturated heterocycles. The van der Waals surface area contributed by atoms with Gasteiger partial charge in [-0.1, -0.05) is 30.3 Å². The van der Waals surface area contributed by atoms with E-state index in [4.69, 9.17) is 4.74 Å². The van der Waals surface area contributed by atoms with E-state index in [0.29, 0.717) is 12.6 Å². The highest BCUT2D eigenvalue weighted by molar-refractivity contribution is 5.21. The Hall–Kier alpha value is -1.91. The fraction of sp³-hybridized carbons (Fsp3) is 0.368. The van der Waals surface area contributed by atoms with E-state index in [1.54, 1.807) is 12.1 Å². The number of nitrogens with zero attached hydrogens (tertiary/aromatic N) is 1. The van der Waals surface area contributed by atoms with E-state index in [-0.39, 0.29) is 12.4 Å². The van der Waals surface area contributed by atoms with Crippen LogP contribution in [0.5, 0.6) is 5.75 Å². The fourth-order valence-electron chi connectivity index (χ4n) is 2.64. The lowest BCUT2D eigenvalue weighted by atomic mass is 10.2. The largest absolute Gasteiger partial charge is 0.491 e. The van der Waals surface area contributed by atoms with E-state index in [1.807, 2.05) is 30.3 Å². The van der Waals surface area contributed by atoms with Gasteiger partial charge in [-0.25, -0.2) is 4.39 Å². The lowest BCUT2D eigenvalue weighted by Crippen LogP contribution is -2.36. The first-order chi connectivity index (χ1) is 11.2. The Morgan fingerprint density at radius 1 is 1.09 bits per heavy atom. The summed E-state index contributed by atoms with van der Waals surface area (Å²) in [6, 6.07) is 16.6. The Morgan fingerprint density at radius 3 is 2.43 bits per heavy atom. The Kier molecular flexibility index (Phi) is 5.26. The van der Waals surface area contributed by atoms with Crippen molar-refractivity contribution in [3.05, 3.63) is 66.0 Å². The van der Waals surface area contributed by atoms with E-state index in [9.17, 15) is 9.50 Å². The first-order valence-corrected chi connectivity index (χ1v) is 8.05. The van der Waals surface area contributed by atoms with Crippen molar-refractivity contribution in [3.8, 4) is 5.75 Å². The summed E-state index contributed by atoms with van der Waals surface area (Å²) >= 11 is 0. The minimum atomic E-state index is -0.545. The molecule has 1 aliphatic rings. The van der Waals surface area contributed by atoms with Crippen molar-refractivity contribution in [1.29, 1.82) is 0 Å². The third kappa shape index (κ3) is 5.05. The van der Waals surface area contributed by atoms with Crippen molar-refractivity contribution < 1.29 is 14.2 Å². The van der Waals surface area contributed by atoms with Crippen LogP contribution in [0.4, 0.5) is 4.39 Å². The van der Waals surface area contributed by atoms with Crippen LogP contribution in [-0.2, 0) is 6.54 Å². The van der Waals surface area contributed by atoms with Gasteiger partial charge in [0.25, 0.3) is 0 Å². The van der Waals surface area contributed by atoms with Crippen LogP contribution in [0.15, 0.2) is 54.6 Å². The summed E-state index contributed by atoms with van der Waals surface area (Å²) in [4.78, 5) is 2.26. The highest BCUT2D eigenvalue weighted by Gasteiger charge is 2.30. The van der Waals surface area contributed by atoms with Crippen LogP contribution >= 0.6 is 0 Å². The average molecular weight is 315 g/mol. The molecule has 0 amide bonds. The second-order valence-corrected chi connectivity index (χ2v) is 6.06. The van der Waals surface area contributed by atoms with Crippen molar-refractivity contribution in [2.24, 2.45) is 0 Å². The molecule has 2 aromatic carbocycles. The van der Waals surface area contributed by atoms with Crippen molar-refractivity contribution in [2.45, 2.75) is 31.5 Å². The number of rotatable bonds is 8. The average Bonchev–Trinajstić information content (AvgIpc) is 3.40. The molecule has 0 aromatic heterocycles. The molecule has 1 atom stereocenters. The summed E-state index contributed by atoms with van der Waals surface area (Å²) < 4.78 is 18.6. The van der Waals surface area contributed by atoms with E-state index in [0.717, 1.165) is 30.7 Å². The zero-order chi connectivity index (χ0) is 16.1. The number of benzene rings is 2. The zero-order valence-electron chi connectivity index (χ0n) is 13.1. The zero-order valence-corrected chi connectivity index (χ0v) is 13.1. The number of para-hydroxylation sites is 1. The standard InChI is InChI=1S/C19H22FNO2/c20-16-8-6-15(7-9-16)12-21(17-10-11-17)13-18(22)14-23-19-4-2-1-3-5-19/h1-9,17-18,22H,10-14H2. The van der Waals surface area contributed by atoms with E-state index in [2.05, 4.69) is 4.90 Å². The highest BCUT2D eigenvalue weighted by Crippen LogP contribution is 2.28. The molecule has 0 bridgehead atoms. The Bertz CT molecular complexity index is 599. The van der Waals surface area contributed by atoms with E-state index in [1.165, 1.54) is 12.1 Å². The van der Waals surface area contributed by atoms with Gasteiger partial charge < -0.3 is 9.84 Å². The molecule has 1 N–H and O–H groups in total. The molecule has 3 nitrogen and oxygen atoms in total. The summed E-state index contributed by atoms with van der Waals surface area (Å²) in [5.41, 5.74) is 1.06. The minimum Gasteiger partial charge on any atom is -0.491 e. The Balaban J connectivity index is 1.51. The fourth-order valence-corrected chi connectivity index (χ4v) is 2.64. The number of halogens is 1. The molecule has 0 aliphatic heterocycles. The third-order valence-electron chi connectivity index (χ3n) is 3.99. The SMILES string of the molecule is OC(COc1ccccc1)CN(Cc1ccc(F)cc1)C1CC1. The molecule has 0 spiro atoms. The molecule has 1 unspecified atom stereocenters. The van der Waals surface area contributed by atoms with Gasteiger partial charge in [0, 0.05) is 19.1 Å². The molecular weight excluding hydrogens is 293 g/mol. The first kappa shape index (κ1) is 16.0. The summed E-state index contributed by atoms with van der Waals surface area (Å²) in [5.74, 6) is 0.547. The van der Waals surface area contributed by atoms with Gasteiger partial charge in [0.15, 0.2) is 0 Å². The van der Waals surface area contributed by atoms with Crippen molar-refractivity contribution in [3.63, 3.8) is 0 Å². The predicted molar refractivity (Wildman–Crippen MR) is 87.8 cm³/mol. The highest BCUT2D eigenvalue weighted by atomic mass is 19.1. The molecular formula is C19H22FNO2. The number of hydrogen-bond donors (Lipinski definition) is 1.